The number of carbonyl (C=O) groups excluding carboxylic acids is 1. The SMILES string of the molecule is CC[C@H]1[C@@H](O)[C@@H]2[C@H](CC[C@]3(C)[C@@H]([C@H](C)CCOC(=O)CCCSC)CC[C@@H]23)[C@@]2(C)CC[C@@H](O)C[C@@H]12. The van der Waals surface area contributed by atoms with E-state index >= 15 is 0 Å². The number of hydrogen-bond donors (Lipinski definition) is 2. The molecule has 4 rings (SSSR count). The van der Waals surface area contributed by atoms with E-state index in [-0.39, 0.29) is 29.0 Å². The van der Waals surface area contributed by atoms with Crippen molar-refractivity contribution in [3.63, 3.8) is 0 Å². The van der Waals surface area contributed by atoms with Crippen molar-refractivity contribution in [2.24, 2.45) is 52.3 Å². The molecule has 0 spiro atoms. The fraction of sp³-hybridized carbons (Fsp3) is 0.967. The number of aliphatic hydroxyl groups is 2. The van der Waals surface area contributed by atoms with E-state index in [9.17, 15) is 15.0 Å². The molecular weight excluding hydrogens is 456 g/mol. The van der Waals surface area contributed by atoms with Crippen LogP contribution in [-0.2, 0) is 9.53 Å². The van der Waals surface area contributed by atoms with Gasteiger partial charge in [0, 0.05) is 6.42 Å². The standard InChI is InChI=1S/C30H52O4S/c1-6-21-25-18-20(31)11-14-30(25,4)24-12-15-29(3)22(9-10-23(29)27(24)28(21)33)19(2)13-16-34-26(32)8-7-17-35-5/h19-25,27-28,31,33H,6-18H2,1-5H3/t19-,20-,21-,22-,23+,24+,25+,27+,28-,29-,30-/m1/s1. The van der Waals surface area contributed by atoms with E-state index in [0.717, 1.165) is 44.3 Å². The zero-order chi connectivity index (χ0) is 25.4. The second-order valence-electron chi connectivity index (χ2n) is 13.2. The van der Waals surface area contributed by atoms with Gasteiger partial charge in [0.25, 0.3) is 0 Å². The topological polar surface area (TPSA) is 66.8 Å². The van der Waals surface area contributed by atoms with Crippen LogP contribution in [0.4, 0.5) is 0 Å². The number of fused-ring (bicyclic) bond motifs is 5. The number of aliphatic hydroxyl groups excluding tert-OH is 2. The van der Waals surface area contributed by atoms with Gasteiger partial charge in [-0.2, -0.15) is 11.8 Å². The van der Waals surface area contributed by atoms with Crippen LogP contribution in [0.15, 0.2) is 0 Å². The van der Waals surface area contributed by atoms with E-state index in [0.29, 0.717) is 54.5 Å². The maximum atomic E-state index is 12.1. The molecule has 0 saturated heterocycles. The highest BCUT2D eigenvalue weighted by Crippen LogP contribution is 2.69. The quantitative estimate of drug-likeness (QED) is 0.282. The second kappa shape index (κ2) is 11.2. The average Bonchev–Trinajstić information content (AvgIpc) is 3.18. The molecule has 0 aliphatic heterocycles. The van der Waals surface area contributed by atoms with Crippen LogP contribution >= 0.6 is 11.8 Å². The van der Waals surface area contributed by atoms with Gasteiger partial charge in [-0.25, -0.2) is 0 Å². The Morgan fingerprint density at radius 1 is 1.06 bits per heavy atom. The van der Waals surface area contributed by atoms with Crippen LogP contribution in [0.5, 0.6) is 0 Å². The summed E-state index contributed by atoms with van der Waals surface area (Å²) in [5.74, 6) is 4.52. The molecule has 0 aromatic carbocycles. The van der Waals surface area contributed by atoms with Crippen LogP contribution < -0.4 is 0 Å². The lowest BCUT2D eigenvalue weighted by molar-refractivity contribution is -0.203. The minimum absolute atomic E-state index is 0.0430. The lowest BCUT2D eigenvalue weighted by Gasteiger charge is -2.64. The first-order chi connectivity index (χ1) is 16.7. The van der Waals surface area contributed by atoms with Gasteiger partial charge in [-0.05, 0) is 122 Å². The van der Waals surface area contributed by atoms with Gasteiger partial charge in [0.15, 0.2) is 0 Å². The molecule has 4 nitrogen and oxygen atoms in total. The summed E-state index contributed by atoms with van der Waals surface area (Å²) < 4.78 is 5.59. The van der Waals surface area contributed by atoms with Crippen molar-refractivity contribution in [1.29, 1.82) is 0 Å². The molecule has 0 amide bonds. The normalized spacial score (nSPS) is 45.8. The highest BCUT2D eigenvalue weighted by Gasteiger charge is 2.64. The second-order valence-corrected chi connectivity index (χ2v) is 14.2. The summed E-state index contributed by atoms with van der Waals surface area (Å²) in [5.41, 5.74) is 0.541. The molecule has 2 N–H and O–H groups in total. The van der Waals surface area contributed by atoms with Gasteiger partial charge in [0.1, 0.15) is 0 Å². The van der Waals surface area contributed by atoms with E-state index in [1.807, 2.05) is 0 Å². The van der Waals surface area contributed by atoms with Crippen LogP contribution in [0.1, 0.15) is 98.3 Å². The zero-order valence-corrected chi connectivity index (χ0v) is 23.8. The first-order valence-corrected chi connectivity index (χ1v) is 16.1. The van der Waals surface area contributed by atoms with Crippen molar-refractivity contribution in [3.05, 3.63) is 0 Å². The van der Waals surface area contributed by atoms with E-state index in [1.54, 1.807) is 11.8 Å². The third-order valence-corrected chi connectivity index (χ3v) is 12.4. The molecule has 0 aromatic heterocycles. The molecule has 4 saturated carbocycles. The molecule has 4 fully saturated rings. The van der Waals surface area contributed by atoms with Crippen molar-refractivity contribution in [3.8, 4) is 0 Å². The van der Waals surface area contributed by atoms with E-state index < -0.39 is 0 Å². The van der Waals surface area contributed by atoms with Gasteiger partial charge >= 0.3 is 5.97 Å². The fourth-order valence-corrected chi connectivity index (χ4v) is 10.4. The summed E-state index contributed by atoms with van der Waals surface area (Å²) in [4.78, 5) is 12.1. The summed E-state index contributed by atoms with van der Waals surface area (Å²) in [6.45, 7) is 10.2. The average molecular weight is 509 g/mol. The molecule has 0 aromatic rings. The number of hydrogen-bond acceptors (Lipinski definition) is 5. The van der Waals surface area contributed by atoms with Crippen molar-refractivity contribution < 1.29 is 19.7 Å². The van der Waals surface area contributed by atoms with Crippen LogP contribution in [0, 0.1) is 52.3 Å². The minimum atomic E-state index is -0.228. The number of esters is 1. The molecule has 0 bridgehead atoms. The monoisotopic (exact) mass is 508 g/mol. The summed E-state index contributed by atoms with van der Waals surface area (Å²) >= 11 is 1.78. The lowest BCUT2D eigenvalue weighted by Crippen LogP contribution is -2.62. The molecule has 11 atom stereocenters. The third kappa shape index (κ3) is 5.09. The Hall–Kier alpha value is -0.260. The Bertz CT molecular complexity index is 729. The maximum Gasteiger partial charge on any atom is 0.305 e. The van der Waals surface area contributed by atoms with E-state index in [1.165, 1.54) is 25.7 Å². The van der Waals surface area contributed by atoms with Crippen LogP contribution in [0.2, 0.25) is 0 Å². The minimum Gasteiger partial charge on any atom is -0.466 e. The summed E-state index contributed by atoms with van der Waals surface area (Å²) in [5, 5.41) is 22.3. The molecule has 0 heterocycles. The van der Waals surface area contributed by atoms with Gasteiger partial charge < -0.3 is 14.9 Å². The highest BCUT2D eigenvalue weighted by molar-refractivity contribution is 7.98. The van der Waals surface area contributed by atoms with E-state index in [2.05, 4.69) is 34.0 Å². The molecule has 4 aliphatic rings. The number of rotatable bonds is 9. The smallest absolute Gasteiger partial charge is 0.305 e. The molecular formula is C30H52O4S. The van der Waals surface area contributed by atoms with Gasteiger partial charge in [-0.3, -0.25) is 4.79 Å². The molecule has 0 radical (unpaired) electrons. The maximum absolute atomic E-state index is 12.1. The Kier molecular flexibility index (Phi) is 8.91. The largest absolute Gasteiger partial charge is 0.466 e. The van der Waals surface area contributed by atoms with Gasteiger partial charge in [-0.1, -0.05) is 34.1 Å². The van der Waals surface area contributed by atoms with Gasteiger partial charge in [-0.15, -0.1) is 0 Å². The zero-order valence-electron chi connectivity index (χ0n) is 23.0. The Morgan fingerprint density at radius 2 is 1.77 bits per heavy atom. The molecule has 4 aliphatic carbocycles. The summed E-state index contributed by atoms with van der Waals surface area (Å²) in [6.07, 6.45) is 13.0. The number of thioether (sulfide) groups is 1. The fourth-order valence-electron chi connectivity index (χ4n) is 9.93. The highest BCUT2D eigenvalue weighted by atomic mass is 32.2. The van der Waals surface area contributed by atoms with Crippen LogP contribution in [-0.4, -0.2) is 47.0 Å². The predicted octanol–water partition coefficient (Wildman–Crippen LogP) is 6.33. The van der Waals surface area contributed by atoms with Gasteiger partial charge in [0.05, 0.1) is 18.8 Å². The molecule has 35 heavy (non-hydrogen) atoms. The molecule has 0 unspecified atom stereocenters. The van der Waals surface area contributed by atoms with Crippen LogP contribution in [0.25, 0.3) is 0 Å². The van der Waals surface area contributed by atoms with Crippen LogP contribution in [0.3, 0.4) is 0 Å². The molecule has 5 heteroatoms. The first kappa shape index (κ1) is 27.8. The lowest BCUT2D eigenvalue weighted by atomic mass is 9.41. The predicted molar refractivity (Wildman–Crippen MR) is 144 cm³/mol. The summed E-state index contributed by atoms with van der Waals surface area (Å²) in [7, 11) is 0. The van der Waals surface area contributed by atoms with Crippen molar-refractivity contribution in [2.75, 3.05) is 18.6 Å². The molecule has 202 valence electrons. The third-order valence-electron chi connectivity index (χ3n) is 11.7. The Balaban J connectivity index is 1.43. The Labute approximate surface area is 218 Å². The van der Waals surface area contributed by atoms with Crippen molar-refractivity contribution in [2.45, 2.75) is 111 Å². The summed E-state index contributed by atoms with van der Waals surface area (Å²) in [6, 6.07) is 0. The van der Waals surface area contributed by atoms with Crippen molar-refractivity contribution in [1.82, 2.24) is 0 Å². The number of carbonyl (C=O) groups is 1. The Morgan fingerprint density at radius 3 is 2.49 bits per heavy atom. The number of ether oxygens (including phenoxy) is 1. The van der Waals surface area contributed by atoms with Crippen molar-refractivity contribution >= 4 is 17.7 Å². The van der Waals surface area contributed by atoms with E-state index in [4.69, 9.17) is 4.74 Å². The van der Waals surface area contributed by atoms with Gasteiger partial charge in [0.2, 0.25) is 0 Å². The first-order valence-electron chi connectivity index (χ1n) is 14.7.